The highest BCUT2D eigenvalue weighted by atomic mass is 32.2. The van der Waals surface area contributed by atoms with Crippen LogP contribution in [0.25, 0.3) is 0 Å². The van der Waals surface area contributed by atoms with Crippen molar-refractivity contribution in [2.24, 2.45) is 5.92 Å². The smallest absolute Gasteiger partial charge is 0.241 e. The lowest BCUT2D eigenvalue weighted by atomic mass is 9.97. The van der Waals surface area contributed by atoms with E-state index in [9.17, 15) is 13.2 Å². The first-order valence-corrected chi connectivity index (χ1v) is 9.50. The molecule has 25 heavy (non-hydrogen) atoms. The molecule has 0 aliphatic carbocycles. The standard InChI is InChI=1S/C19H23NO4S/c1-13(2)19(16-5-9-17(24-4)10-6-16)20-25(22,23)18-11-7-15(8-12-18)14(3)21/h5-13,19-20H,1-4H3/t19-/m1/s1. The lowest BCUT2D eigenvalue weighted by Crippen LogP contribution is -2.31. The molecule has 0 saturated heterocycles. The second kappa shape index (κ2) is 7.80. The second-order valence-corrected chi connectivity index (χ2v) is 7.91. The summed E-state index contributed by atoms with van der Waals surface area (Å²) in [5.41, 5.74) is 1.34. The maximum atomic E-state index is 12.7. The summed E-state index contributed by atoms with van der Waals surface area (Å²) in [4.78, 5) is 11.5. The van der Waals surface area contributed by atoms with E-state index in [1.807, 2.05) is 26.0 Å². The zero-order valence-electron chi connectivity index (χ0n) is 14.8. The minimum Gasteiger partial charge on any atom is -0.497 e. The number of carbonyl (C=O) groups is 1. The zero-order valence-corrected chi connectivity index (χ0v) is 15.6. The molecule has 0 amide bonds. The molecule has 134 valence electrons. The van der Waals surface area contributed by atoms with Crippen LogP contribution in [0.15, 0.2) is 53.4 Å². The average Bonchev–Trinajstić information content (AvgIpc) is 2.59. The van der Waals surface area contributed by atoms with Crippen LogP contribution in [0.5, 0.6) is 5.75 Å². The number of nitrogens with one attached hydrogen (secondary N) is 1. The molecule has 0 unspecified atom stereocenters. The van der Waals surface area contributed by atoms with Crippen molar-refractivity contribution in [3.05, 3.63) is 59.7 Å². The van der Waals surface area contributed by atoms with Crippen molar-refractivity contribution >= 4 is 15.8 Å². The summed E-state index contributed by atoms with van der Waals surface area (Å²) in [5.74, 6) is 0.670. The van der Waals surface area contributed by atoms with Crippen LogP contribution < -0.4 is 9.46 Å². The highest BCUT2D eigenvalue weighted by Gasteiger charge is 2.24. The van der Waals surface area contributed by atoms with Crippen LogP contribution in [0.3, 0.4) is 0 Å². The number of sulfonamides is 1. The average molecular weight is 361 g/mol. The Morgan fingerprint density at radius 3 is 2.00 bits per heavy atom. The fourth-order valence-electron chi connectivity index (χ4n) is 2.50. The number of Topliss-reactive ketones (excluding diaryl/α,β-unsaturated/α-hetero) is 1. The molecule has 0 radical (unpaired) electrons. The van der Waals surface area contributed by atoms with Gasteiger partial charge in [0.15, 0.2) is 5.78 Å². The molecule has 0 bridgehead atoms. The molecule has 6 heteroatoms. The third-order valence-electron chi connectivity index (χ3n) is 3.99. The molecule has 1 N–H and O–H groups in total. The molecule has 0 aliphatic rings. The third-order valence-corrected chi connectivity index (χ3v) is 5.45. The molecule has 2 rings (SSSR count). The van der Waals surface area contributed by atoms with E-state index in [1.165, 1.54) is 31.2 Å². The number of benzene rings is 2. The Bertz CT molecular complexity index is 825. The Hall–Kier alpha value is -2.18. The highest BCUT2D eigenvalue weighted by Crippen LogP contribution is 2.26. The maximum absolute atomic E-state index is 12.7. The highest BCUT2D eigenvalue weighted by molar-refractivity contribution is 7.89. The predicted octanol–water partition coefficient (Wildman–Crippen LogP) is 3.57. The number of methoxy groups -OCH3 is 1. The molecular weight excluding hydrogens is 338 g/mol. The zero-order chi connectivity index (χ0) is 18.6. The van der Waals surface area contributed by atoms with E-state index in [2.05, 4.69) is 4.72 Å². The summed E-state index contributed by atoms with van der Waals surface area (Å²) in [6.45, 7) is 5.35. The van der Waals surface area contributed by atoms with Gasteiger partial charge in [0.2, 0.25) is 10.0 Å². The summed E-state index contributed by atoms with van der Waals surface area (Å²) in [5, 5.41) is 0. The van der Waals surface area contributed by atoms with E-state index in [0.29, 0.717) is 11.3 Å². The Labute approximate surface area is 149 Å². The number of carbonyl (C=O) groups excluding carboxylic acids is 1. The quantitative estimate of drug-likeness (QED) is 0.765. The van der Waals surface area contributed by atoms with Crippen LogP contribution in [0, 0.1) is 5.92 Å². The third kappa shape index (κ3) is 4.67. The molecule has 0 aromatic heterocycles. The van der Waals surface area contributed by atoms with Gasteiger partial charge in [0.1, 0.15) is 5.75 Å². The van der Waals surface area contributed by atoms with Crippen LogP contribution in [0.1, 0.15) is 42.7 Å². The van der Waals surface area contributed by atoms with E-state index in [0.717, 1.165) is 5.56 Å². The summed E-state index contributed by atoms with van der Waals surface area (Å²) in [7, 11) is -2.12. The van der Waals surface area contributed by atoms with Gasteiger partial charge in [0, 0.05) is 11.6 Å². The topological polar surface area (TPSA) is 72.5 Å². The van der Waals surface area contributed by atoms with Crippen molar-refractivity contribution in [2.45, 2.75) is 31.7 Å². The van der Waals surface area contributed by atoms with Crippen LogP contribution in [0.4, 0.5) is 0 Å². The molecule has 0 heterocycles. The fourth-order valence-corrected chi connectivity index (χ4v) is 3.88. The van der Waals surface area contributed by atoms with E-state index < -0.39 is 10.0 Å². The van der Waals surface area contributed by atoms with Gasteiger partial charge in [-0.3, -0.25) is 4.79 Å². The van der Waals surface area contributed by atoms with Gasteiger partial charge in [-0.2, -0.15) is 0 Å². The molecule has 2 aromatic rings. The lowest BCUT2D eigenvalue weighted by molar-refractivity contribution is 0.101. The Morgan fingerprint density at radius 2 is 1.56 bits per heavy atom. The molecule has 0 saturated carbocycles. The van der Waals surface area contributed by atoms with Crippen LogP contribution in [-0.4, -0.2) is 21.3 Å². The first-order chi connectivity index (χ1) is 11.7. The van der Waals surface area contributed by atoms with Gasteiger partial charge in [-0.15, -0.1) is 0 Å². The number of hydrogen-bond acceptors (Lipinski definition) is 4. The number of hydrogen-bond donors (Lipinski definition) is 1. The van der Waals surface area contributed by atoms with Crippen molar-refractivity contribution in [1.82, 2.24) is 4.72 Å². The minimum absolute atomic E-state index is 0.0552. The molecule has 2 aromatic carbocycles. The normalized spacial score (nSPS) is 12.8. The lowest BCUT2D eigenvalue weighted by Gasteiger charge is -2.23. The summed E-state index contributed by atoms with van der Waals surface area (Å²) in [6.07, 6.45) is 0. The molecule has 0 fully saturated rings. The summed E-state index contributed by atoms with van der Waals surface area (Å²) in [6, 6.07) is 12.9. The molecule has 0 aliphatic heterocycles. The maximum Gasteiger partial charge on any atom is 0.241 e. The number of ketones is 1. The van der Waals surface area contributed by atoms with Gasteiger partial charge in [-0.25, -0.2) is 13.1 Å². The Morgan fingerprint density at radius 1 is 1.00 bits per heavy atom. The van der Waals surface area contributed by atoms with E-state index in [-0.39, 0.29) is 22.6 Å². The van der Waals surface area contributed by atoms with Crippen LogP contribution in [0.2, 0.25) is 0 Å². The summed E-state index contributed by atoms with van der Waals surface area (Å²) < 4.78 is 33.3. The van der Waals surface area contributed by atoms with Gasteiger partial charge >= 0.3 is 0 Å². The van der Waals surface area contributed by atoms with E-state index in [1.54, 1.807) is 19.2 Å². The fraction of sp³-hybridized carbons (Fsp3) is 0.316. The van der Waals surface area contributed by atoms with Crippen molar-refractivity contribution in [3.63, 3.8) is 0 Å². The van der Waals surface area contributed by atoms with Crippen molar-refractivity contribution in [1.29, 1.82) is 0 Å². The van der Waals surface area contributed by atoms with Gasteiger partial charge in [-0.05, 0) is 42.7 Å². The second-order valence-electron chi connectivity index (χ2n) is 6.20. The van der Waals surface area contributed by atoms with Crippen molar-refractivity contribution in [2.75, 3.05) is 7.11 Å². The van der Waals surface area contributed by atoms with Crippen LogP contribution >= 0.6 is 0 Å². The number of rotatable bonds is 7. The van der Waals surface area contributed by atoms with Crippen molar-refractivity contribution < 1.29 is 17.9 Å². The first-order valence-electron chi connectivity index (χ1n) is 8.02. The predicted molar refractivity (Wildman–Crippen MR) is 97.3 cm³/mol. The van der Waals surface area contributed by atoms with E-state index in [4.69, 9.17) is 4.74 Å². The van der Waals surface area contributed by atoms with Gasteiger partial charge in [0.05, 0.1) is 12.0 Å². The molecule has 5 nitrogen and oxygen atoms in total. The van der Waals surface area contributed by atoms with E-state index >= 15 is 0 Å². The largest absolute Gasteiger partial charge is 0.497 e. The summed E-state index contributed by atoms with van der Waals surface area (Å²) >= 11 is 0. The van der Waals surface area contributed by atoms with Crippen LogP contribution in [-0.2, 0) is 10.0 Å². The minimum atomic E-state index is -3.70. The SMILES string of the molecule is COc1ccc([C@H](NS(=O)(=O)c2ccc(C(C)=O)cc2)C(C)C)cc1. The first kappa shape index (κ1) is 19.1. The Kier molecular flexibility index (Phi) is 5.98. The van der Waals surface area contributed by atoms with Crippen molar-refractivity contribution in [3.8, 4) is 5.75 Å². The molecule has 0 spiro atoms. The molecular formula is C19H23NO4S. The number of ether oxygens (including phenoxy) is 1. The van der Waals surface area contributed by atoms with Gasteiger partial charge in [-0.1, -0.05) is 38.1 Å². The van der Waals surface area contributed by atoms with Gasteiger partial charge < -0.3 is 4.74 Å². The molecule has 1 atom stereocenters. The Balaban J connectivity index is 2.29. The van der Waals surface area contributed by atoms with Gasteiger partial charge in [0.25, 0.3) is 0 Å². The monoisotopic (exact) mass is 361 g/mol.